The molecule has 25 heavy (non-hydrogen) atoms. The molecule has 1 unspecified atom stereocenters. The summed E-state index contributed by atoms with van der Waals surface area (Å²) in [5.41, 5.74) is 1.51. The molecule has 2 saturated heterocycles. The largest absolute Gasteiger partial charge is 0.379 e. The van der Waals surface area contributed by atoms with Gasteiger partial charge < -0.3 is 19.5 Å². The van der Waals surface area contributed by atoms with Crippen molar-refractivity contribution in [2.75, 3.05) is 58.4 Å². The van der Waals surface area contributed by atoms with Gasteiger partial charge in [0.05, 0.1) is 19.8 Å². The monoisotopic (exact) mass is 365 g/mol. The number of aromatic nitrogens is 1. The maximum Gasteiger partial charge on any atom is 0.193 e. The van der Waals surface area contributed by atoms with Crippen molar-refractivity contribution in [3.05, 3.63) is 24.0 Å². The predicted octanol–water partition coefficient (Wildman–Crippen LogP) is 1.24. The number of thioether (sulfide) groups is 1. The van der Waals surface area contributed by atoms with Gasteiger partial charge in [0, 0.05) is 64.0 Å². The third-order valence-corrected chi connectivity index (χ3v) is 6.60. The zero-order chi connectivity index (χ0) is 17.7. The number of ether oxygens (including phenoxy) is 1. The van der Waals surface area contributed by atoms with E-state index in [-0.39, 0.29) is 5.54 Å². The van der Waals surface area contributed by atoms with E-state index < -0.39 is 0 Å². The zero-order valence-electron chi connectivity index (χ0n) is 15.7. The van der Waals surface area contributed by atoms with Gasteiger partial charge in [-0.05, 0) is 24.3 Å². The molecule has 0 amide bonds. The van der Waals surface area contributed by atoms with E-state index in [0.29, 0.717) is 0 Å². The number of nitrogens with zero attached hydrogens (tertiary/aromatic N) is 4. The molecule has 2 aliphatic rings. The van der Waals surface area contributed by atoms with E-state index in [0.717, 1.165) is 45.4 Å². The van der Waals surface area contributed by atoms with Crippen molar-refractivity contribution in [1.29, 1.82) is 0 Å². The van der Waals surface area contributed by atoms with Crippen LogP contribution >= 0.6 is 11.8 Å². The van der Waals surface area contributed by atoms with Crippen LogP contribution in [0.1, 0.15) is 12.1 Å². The number of morpholine rings is 1. The van der Waals surface area contributed by atoms with Crippen molar-refractivity contribution in [1.82, 2.24) is 19.7 Å². The van der Waals surface area contributed by atoms with Crippen molar-refractivity contribution in [3.63, 3.8) is 0 Å². The molecule has 1 aromatic rings. The Hall–Kier alpha value is -1.18. The molecule has 0 saturated carbocycles. The minimum Gasteiger partial charge on any atom is -0.379 e. The smallest absolute Gasteiger partial charge is 0.193 e. The van der Waals surface area contributed by atoms with Crippen molar-refractivity contribution in [2.45, 2.75) is 18.5 Å². The van der Waals surface area contributed by atoms with Crippen molar-refractivity contribution in [3.8, 4) is 0 Å². The van der Waals surface area contributed by atoms with Crippen LogP contribution in [0.2, 0.25) is 0 Å². The SMILES string of the molecule is CN=C(NCC1(N2CCOCC2)CCSC1)N(C)Cc1cccn1C. The van der Waals surface area contributed by atoms with Gasteiger partial charge in [0.1, 0.15) is 0 Å². The first kappa shape index (κ1) is 18.6. The van der Waals surface area contributed by atoms with E-state index in [1.54, 1.807) is 0 Å². The highest BCUT2D eigenvalue weighted by Gasteiger charge is 2.40. The lowest BCUT2D eigenvalue weighted by molar-refractivity contribution is -0.0121. The third kappa shape index (κ3) is 4.33. The average Bonchev–Trinajstić information content (AvgIpc) is 3.27. The van der Waals surface area contributed by atoms with Gasteiger partial charge in [-0.3, -0.25) is 9.89 Å². The minimum atomic E-state index is 0.232. The average molecular weight is 366 g/mol. The molecule has 1 aromatic heterocycles. The standard InChI is InChI=1S/C18H31N5OS/c1-19-17(22(3)13-16-5-4-7-21(16)2)20-14-18(6-12-25-15-18)23-8-10-24-11-9-23/h4-5,7H,6,8-15H2,1-3H3,(H,19,20). The highest BCUT2D eigenvalue weighted by Crippen LogP contribution is 2.33. The second kappa shape index (κ2) is 8.47. The van der Waals surface area contributed by atoms with E-state index in [2.05, 4.69) is 68.9 Å². The highest BCUT2D eigenvalue weighted by atomic mass is 32.2. The van der Waals surface area contributed by atoms with E-state index in [4.69, 9.17) is 4.74 Å². The van der Waals surface area contributed by atoms with Crippen molar-refractivity contribution in [2.24, 2.45) is 12.0 Å². The van der Waals surface area contributed by atoms with Crippen LogP contribution in [-0.2, 0) is 18.3 Å². The Kier molecular flexibility index (Phi) is 6.30. The van der Waals surface area contributed by atoms with Crippen LogP contribution in [0.4, 0.5) is 0 Å². The lowest BCUT2D eigenvalue weighted by Gasteiger charge is -2.43. The number of rotatable bonds is 5. The normalized spacial score (nSPS) is 25.3. The summed E-state index contributed by atoms with van der Waals surface area (Å²) in [5.74, 6) is 3.40. The first-order chi connectivity index (χ1) is 12.1. The lowest BCUT2D eigenvalue weighted by Crippen LogP contribution is -2.60. The molecule has 1 N–H and O–H groups in total. The summed E-state index contributed by atoms with van der Waals surface area (Å²) in [6, 6.07) is 4.25. The summed E-state index contributed by atoms with van der Waals surface area (Å²) in [7, 11) is 6.06. The van der Waals surface area contributed by atoms with Gasteiger partial charge in [-0.2, -0.15) is 11.8 Å². The topological polar surface area (TPSA) is 45.0 Å². The lowest BCUT2D eigenvalue weighted by atomic mass is 9.95. The fourth-order valence-corrected chi connectivity index (χ4v) is 5.22. The van der Waals surface area contributed by atoms with Gasteiger partial charge in [-0.25, -0.2) is 0 Å². The summed E-state index contributed by atoms with van der Waals surface area (Å²) in [4.78, 5) is 9.34. The van der Waals surface area contributed by atoms with Crippen LogP contribution in [0.3, 0.4) is 0 Å². The molecule has 6 nitrogen and oxygen atoms in total. The first-order valence-electron chi connectivity index (χ1n) is 9.07. The molecule has 2 fully saturated rings. The molecule has 7 heteroatoms. The Balaban J connectivity index is 1.61. The molecule has 1 atom stereocenters. The summed E-state index contributed by atoms with van der Waals surface area (Å²) in [6.45, 7) is 5.59. The van der Waals surface area contributed by atoms with Crippen molar-refractivity contribution < 1.29 is 4.74 Å². The Morgan fingerprint density at radius 2 is 2.24 bits per heavy atom. The van der Waals surface area contributed by atoms with Crippen LogP contribution in [0, 0.1) is 0 Å². The van der Waals surface area contributed by atoms with Crippen LogP contribution < -0.4 is 5.32 Å². The number of hydrogen-bond donors (Lipinski definition) is 1. The zero-order valence-corrected chi connectivity index (χ0v) is 16.5. The summed E-state index contributed by atoms with van der Waals surface area (Å²) in [6.07, 6.45) is 3.33. The quantitative estimate of drug-likeness (QED) is 0.628. The molecule has 2 aliphatic heterocycles. The Morgan fingerprint density at radius 3 is 2.84 bits per heavy atom. The molecular weight excluding hydrogens is 334 g/mol. The molecule has 0 spiro atoms. The van der Waals surface area contributed by atoms with Crippen LogP contribution in [0.5, 0.6) is 0 Å². The fraction of sp³-hybridized carbons (Fsp3) is 0.722. The van der Waals surface area contributed by atoms with E-state index >= 15 is 0 Å². The predicted molar refractivity (Wildman–Crippen MR) is 105 cm³/mol. The van der Waals surface area contributed by atoms with Crippen LogP contribution in [0.25, 0.3) is 0 Å². The van der Waals surface area contributed by atoms with Crippen molar-refractivity contribution >= 4 is 17.7 Å². The number of guanidine groups is 1. The third-order valence-electron chi connectivity index (χ3n) is 5.36. The van der Waals surface area contributed by atoms with Gasteiger partial charge in [-0.1, -0.05) is 0 Å². The molecule has 3 heterocycles. The molecule has 0 bridgehead atoms. The number of aliphatic imine (C=N–C) groups is 1. The molecule has 140 valence electrons. The van der Waals surface area contributed by atoms with E-state index in [1.165, 1.54) is 23.6 Å². The summed E-state index contributed by atoms with van der Waals surface area (Å²) in [5, 5.41) is 3.65. The van der Waals surface area contributed by atoms with Crippen LogP contribution in [-0.4, -0.2) is 84.3 Å². The second-order valence-corrected chi connectivity index (χ2v) is 8.10. The Morgan fingerprint density at radius 1 is 1.44 bits per heavy atom. The minimum absolute atomic E-state index is 0.232. The molecule has 3 rings (SSSR count). The van der Waals surface area contributed by atoms with Gasteiger partial charge in [0.25, 0.3) is 0 Å². The van der Waals surface area contributed by atoms with Gasteiger partial charge in [0.15, 0.2) is 5.96 Å². The molecule has 0 radical (unpaired) electrons. The first-order valence-corrected chi connectivity index (χ1v) is 10.2. The fourth-order valence-electron chi connectivity index (χ4n) is 3.74. The van der Waals surface area contributed by atoms with Crippen LogP contribution in [0.15, 0.2) is 23.3 Å². The van der Waals surface area contributed by atoms with Gasteiger partial charge in [-0.15, -0.1) is 0 Å². The van der Waals surface area contributed by atoms with Gasteiger partial charge in [0.2, 0.25) is 0 Å². The number of aryl methyl sites for hydroxylation is 1. The molecule has 0 aromatic carbocycles. The highest BCUT2D eigenvalue weighted by molar-refractivity contribution is 7.99. The molecule has 0 aliphatic carbocycles. The summed E-state index contributed by atoms with van der Waals surface area (Å²) < 4.78 is 7.72. The second-order valence-electron chi connectivity index (χ2n) is 6.99. The van der Waals surface area contributed by atoms with Gasteiger partial charge >= 0.3 is 0 Å². The maximum atomic E-state index is 5.56. The molecular formula is C18H31N5OS. The Labute approximate surface area is 155 Å². The Bertz CT molecular complexity index is 576. The number of hydrogen-bond acceptors (Lipinski definition) is 4. The maximum absolute atomic E-state index is 5.56. The van der Waals surface area contributed by atoms with E-state index in [1.807, 2.05) is 7.05 Å². The van der Waals surface area contributed by atoms with E-state index in [9.17, 15) is 0 Å². The summed E-state index contributed by atoms with van der Waals surface area (Å²) >= 11 is 2.07. The number of nitrogens with one attached hydrogen (secondary N) is 1.